The van der Waals surface area contributed by atoms with Crippen LogP contribution in [0.3, 0.4) is 0 Å². The highest BCUT2D eigenvalue weighted by atomic mass is 32.1. The van der Waals surface area contributed by atoms with Crippen molar-refractivity contribution < 1.29 is 23.8 Å². The van der Waals surface area contributed by atoms with Gasteiger partial charge in [0.25, 0.3) is 5.91 Å². The standard InChI is InChI=1S/C34H46N2O5S/c1-8-41-21-9-19-36(33(38)27-12-14-28(15-13-27)34(3,4)5)24-32(37)35(23-29-16-10-25(2)42-29)20-18-26-11-17-30(39-6)31(22-26)40-7/h10-17,22H,8-9,18-21,23-24H2,1-7H3. The van der Waals surface area contributed by atoms with Gasteiger partial charge >= 0.3 is 0 Å². The minimum Gasteiger partial charge on any atom is -0.493 e. The maximum Gasteiger partial charge on any atom is 0.254 e. The summed E-state index contributed by atoms with van der Waals surface area (Å²) in [5.74, 6) is 1.09. The van der Waals surface area contributed by atoms with Gasteiger partial charge in [-0.15, -0.1) is 11.3 Å². The molecule has 0 spiro atoms. The summed E-state index contributed by atoms with van der Waals surface area (Å²) in [6.07, 6.45) is 1.30. The monoisotopic (exact) mass is 594 g/mol. The van der Waals surface area contributed by atoms with Crippen molar-refractivity contribution in [3.05, 3.63) is 81.0 Å². The summed E-state index contributed by atoms with van der Waals surface area (Å²) >= 11 is 1.68. The van der Waals surface area contributed by atoms with Crippen molar-refractivity contribution >= 4 is 23.2 Å². The summed E-state index contributed by atoms with van der Waals surface area (Å²) in [4.78, 5) is 33.4. The van der Waals surface area contributed by atoms with Gasteiger partial charge in [-0.1, -0.05) is 39.0 Å². The van der Waals surface area contributed by atoms with E-state index in [1.54, 1.807) is 30.5 Å². The Balaban J connectivity index is 1.81. The lowest BCUT2D eigenvalue weighted by Crippen LogP contribution is -2.44. The number of amides is 2. The SMILES string of the molecule is CCOCCCN(CC(=O)N(CCc1ccc(OC)c(OC)c1)Cc1ccc(C)s1)C(=O)c1ccc(C(C)(C)C)cc1. The average Bonchev–Trinajstić information content (AvgIpc) is 3.40. The van der Waals surface area contributed by atoms with E-state index in [1.807, 2.05) is 54.3 Å². The van der Waals surface area contributed by atoms with E-state index >= 15 is 0 Å². The van der Waals surface area contributed by atoms with Crippen molar-refractivity contribution in [2.24, 2.45) is 0 Å². The fraction of sp³-hybridized carbons (Fsp3) is 0.471. The number of hydrogen-bond acceptors (Lipinski definition) is 6. The van der Waals surface area contributed by atoms with Crippen molar-refractivity contribution in [1.29, 1.82) is 0 Å². The smallest absolute Gasteiger partial charge is 0.254 e. The number of carbonyl (C=O) groups is 2. The Bertz CT molecular complexity index is 1300. The minimum absolute atomic E-state index is 0.00225. The molecule has 3 aromatic rings. The highest BCUT2D eigenvalue weighted by Crippen LogP contribution is 2.28. The van der Waals surface area contributed by atoms with Gasteiger partial charge in [0.2, 0.25) is 5.91 Å². The van der Waals surface area contributed by atoms with Crippen LogP contribution in [0.15, 0.2) is 54.6 Å². The first kappa shape index (κ1) is 33.1. The number of hydrogen-bond donors (Lipinski definition) is 0. The molecule has 1 heterocycles. The molecule has 0 aliphatic rings. The van der Waals surface area contributed by atoms with Crippen LogP contribution in [0.1, 0.15) is 65.4 Å². The van der Waals surface area contributed by atoms with Crippen LogP contribution in [-0.4, -0.2) is 68.7 Å². The molecule has 0 aliphatic carbocycles. The normalized spacial score (nSPS) is 11.3. The Labute approximate surface area is 255 Å². The summed E-state index contributed by atoms with van der Waals surface area (Å²) < 4.78 is 16.4. The molecule has 0 aliphatic heterocycles. The molecule has 0 saturated heterocycles. The highest BCUT2D eigenvalue weighted by molar-refractivity contribution is 7.11. The second-order valence-electron chi connectivity index (χ2n) is 11.4. The second-order valence-corrected chi connectivity index (χ2v) is 12.7. The molecule has 3 rings (SSSR count). The van der Waals surface area contributed by atoms with E-state index in [-0.39, 0.29) is 23.8 Å². The van der Waals surface area contributed by atoms with Crippen molar-refractivity contribution in [2.45, 2.75) is 59.4 Å². The fourth-order valence-corrected chi connectivity index (χ4v) is 5.57. The molecule has 0 N–H and O–H groups in total. The lowest BCUT2D eigenvalue weighted by molar-refractivity contribution is -0.132. The maximum atomic E-state index is 13.9. The molecule has 228 valence electrons. The third kappa shape index (κ3) is 9.60. The van der Waals surface area contributed by atoms with Crippen molar-refractivity contribution in [3.8, 4) is 11.5 Å². The van der Waals surface area contributed by atoms with Gasteiger partial charge in [-0.25, -0.2) is 0 Å². The number of nitrogens with zero attached hydrogens (tertiary/aromatic N) is 2. The highest BCUT2D eigenvalue weighted by Gasteiger charge is 2.24. The first-order valence-corrected chi connectivity index (χ1v) is 15.4. The zero-order chi connectivity index (χ0) is 30.7. The van der Waals surface area contributed by atoms with E-state index in [0.29, 0.717) is 62.8 Å². The summed E-state index contributed by atoms with van der Waals surface area (Å²) in [5.41, 5.74) is 2.77. The predicted octanol–water partition coefficient (Wildman–Crippen LogP) is 6.51. The molecule has 0 radical (unpaired) electrons. The molecule has 2 aromatic carbocycles. The lowest BCUT2D eigenvalue weighted by atomic mass is 9.86. The second kappa shape index (κ2) is 15.8. The zero-order valence-corrected chi connectivity index (χ0v) is 27.0. The van der Waals surface area contributed by atoms with Crippen LogP contribution in [-0.2, 0) is 27.9 Å². The lowest BCUT2D eigenvalue weighted by Gasteiger charge is -2.28. The third-order valence-corrected chi connectivity index (χ3v) is 8.13. The van der Waals surface area contributed by atoms with E-state index in [0.717, 1.165) is 16.0 Å². The Hall–Kier alpha value is -3.36. The molecular formula is C34H46N2O5S. The van der Waals surface area contributed by atoms with Crippen molar-refractivity contribution in [1.82, 2.24) is 9.80 Å². The quantitative estimate of drug-likeness (QED) is 0.188. The first-order chi connectivity index (χ1) is 20.0. The first-order valence-electron chi connectivity index (χ1n) is 14.6. The zero-order valence-electron chi connectivity index (χ0n) is 26.2. The molecule has 2 amide bonds. The Kier molecular flexibility index (Phi) is 12.4. The summed E-state index contributed by atoms with van der Waals surface area (Å²) in [6, 6.07) is 17.7. The van der Waals surface area contributed by atoms with Crippen molar-refractivity contribution in [2.75, 3.05) is 47.1 Å². The van der Waals surface area contributed by atoms with E-state index in [1.165, 1.54) is 4.88 Å². The Morgan fingerprint density at radius 3 is 2.19 bits per heavy atom. The van der Waals surface area contributed by atoms with Gasteiger partial charge in [0.1, 0.15) is 6.54 Å². The van der Waals surface area contributed by atoms with Gasteiger partial charge in [0.15, 0.2) is 11.5 Å². The van der Waals surface area contributed by atoms with E-state index in [2.05, 4.69) is 39.8 Å². The van der Waals surface area contributed by atoms with Gasteiger partial charge in [0.05, 0.1) is 20.8 Å². The number of benzene rings is 2. The largest absolute Gasteiger partial charge is 0.493 e. The van der Waals surface area contributed by atoms with E-state index in [9.17, 15) is 9.59 Å². The van der Waals surface area contributed by atoms with E-state index in [4.69, 9.17) is 14.2 Å². The molecule has 0 bridgehead atoms. The summed E-state index contributed by atoms with van der Waals surface area (Å²) in [5, 5.41) is 0. The molecule has 7 nitrogen and oxygen atoms in total. The van der Waals surface area contributed by atoms with Crippen LogP contribution in [0.4, 0.5) is 0 Å². The topological polar surface area (TPSA) is 68.3 Å². The van der Waals surface area contributed by atoms with Crippen LogP contribution >= 0.6 is 11.3 Å². The molecule has 42 heavy (non-hydrogen) atoms. The van der Waals surface area contributed by atoms with Gasteiger partial charge in [-0.3, -0.25) is 9.59 Å². The number of rotatable bonds is 15. The van der Waals surface area contributed by atoms with E-state index < -0.39 is 0 Å². The van der Waals surface area contributed by atoms with Crippen LogP contribution in [0.2, 0.25) is 0 Å². The van der Waals surface area contributed by atoms with Gasteiger partial charge < -0.3 is 24.0 Å². The predicted molar refractivity (Wildman–Crippen MR) is 170 cm³/mol. The van der Waals surface area contributed by atoms with Crippen molar-refractivity contribution in [3.63, 3.8) is 0 Å². The fourth-order valence-electron chi connectivity index (χ4n) is 4.66. The average molecular weight is 595 g/mol. The third-order valence-electron chi connectivity index (χ3n) is 7.15. The van der Waals surface area contributed by atoms with Crippen LogP contribution in [0.25, 0.3) is 0 Å². The summed E-state index contributed by atoms with van der Waals surface area (Å²) in [6.45, 7) is 13.0. The molecule has 1 aromatic heterocycles. The van der Waals surface area contributed by atoms with Gasteiger partial charge in [-0.05, 0) is 79.6 Å². The Morgan fingerprint density at radius 2 is 1.60 bits per heavy atom. The molecule has 8 heteroatoms. The van der Waals surface area contributed by atoms with Crippen LogP contribution < -0.4 is 9.47 Å². The minimum atomic E-state index is -0.146. The number of thiophene rings is 1. The molecule has 0 fully saturated rings. The van der Waals surface area contributed by atoms with Gasteiger partial charge in [0, 0.05) is 41.6 Å². The Morgan fingerprint density at radius 1 is 0.881 bits per heavy atom. The maximum absolute atomic E-state index is 13.9. The summed E-state index contributed by atoms with van der Waals surface area (Å²) in [7, 11) is 3.23. The number of ether oxygens (including phenoxy) is 3. The van der Waals surface area contributed by atoms with Gasteiger partial charge in [-0.2, -0.15) is 0 Å². The molecule has 0 atom stereocenters. The number of aryl methyl sites for hydroxylation is 1. The molecule has 0 saturated carbocycles. The van der Waals surface area contributed by atoms with Crippen LogP contribution in [0, 0.1) is 6.92 Å². The van der Waals surface area contributed by atoms with Crippen LogP contribution in [0.5, 0.6) is 11.5 Å². The number of methoxy groups -OCH3 is 2. The molecular weight excluding hydrogens is 548 g/mol. The number of carbonyl (C=O) groups excluding carboxylic acids is 2. The molecule has 0 unspecified atom stereocenters.